The van der Waals surface area contributed by atoms with Gasteiger partial charge in [-0.05, 0) is 0 Å². The van der Waals surface area contributed by atoms with Crippen molar-refractivity contribution in [3.8, 4) is 0 Å². The van der Waals surface area contributed by atoms with Crippen molar-refractivity contribution in [3.63, 3.8) is 0 Å². The summed E-state index contributed by atoms with van der Waals surface area (Å²) < 4.78 is 5.74. The van der Waals surface area contributed by atoms with E-state index in [4.69, 9.17) is 15.6 Å². The van der Waals surface area contributed by atoms with Crippen LogP contribution in [0.1, 0.15) is 0 Å². The van der Waals surface area contributed by atoms with Crippen molar-refractivity contribution in [2.24, 2.45) is 0 Å². The quantitative estimate of drug-likeness (QED) is 0.287. The summed E-state index contributed by atoms with van der Waals surface area (Å²) in [6.07, 6.45) is 0. The van der Waals surface area contributed by atoms with Crippen LogP contribution in [-0.4, -0.2) is 25.1 Å². The molecular weight excluding hydrogens is 76.1 g/mol. The summed E-state index contributed by atoms with van der Waals surface area (Å²) in [6.45, 7) is 0. The van der Waals surface area contributed by atoms with Crippen LogP contribution in [-0.2, 0) is 0 Å². The third-order valence-corrected chi connectivity index (χ3v) is 0. The van der Waals surface area contributed by atoms with Crippen LogP contribution in [0.25, 0.3) is 0 Å². The molecule has 0 fully saturated rings. The number of hydrogen-bond acceptors (Lipinski definition) is 3. The van der Waals surface area contributed by atoms with Gasteiger partial charge in [0.1, 0.15) is 1.23 Å². The molecule has 4 heavy (non-hydrogen) atoms. The summed E-state index contributed by atoms with van der Waals surface area (Å²) in [5, 5.41) is 0. The van der Waals surface area contributed by atoms with E-state index in [9.17, 15) is 0 Å². The van der Waals surface area contributed by atoms with Crippen LogP contribution in [0.5, 0.6) is 0 Å². The van der Waals surface area contributed by atoms with Crippen LogP contribution in [0.4, 0.5) is 0 Å². The Morgan fingerprint density at radius 2 is 1.50 bits per heavy atom. The Balaban J connectivity index is 3.02. The van der Waals surface area contributed by atoms with Crippen LogP contribution in [0.3, 0.4) is 0 Å². The molecule has 0 aliphatic rings. The van der Waals surface area contributed by atoms with Crippen molar-refractivity contribution in [2.75, 3.05) is 0 Å². The highest BCUT2D eigenvalue weighted by Crippen LogP contribution is 1.40. The maximum Gasteiger partial charge on any atom is 0.475 e. The largest absolute Gasteiger partial charge is 0.475 e. The highest BCUT2D eigenvalue weighted by Gasteiger charge is 1.83. The predicted octanol–water partition coefficient (Wildman–Crippen LogP) is -2.32. The van der Waals surface area contributed by atoms with Gasteiger partial charge in [-0.2, -0.15) is 0 Å². The van der Waals surface area contributed by atoms with Crippen LogP contribution in [0.2, 0.25) is 0 Å². The van der Waals surface area contributed by atoms with Gasteiger partial charge in [0.25, 0.3) is 0 Å². The maximum absolute atomic E-state index is 7.44. The topological polar surface area (TPSA) is 60.7 Å². The zero-order valence-electron chi connectivity index (χ0n) is 2.84. The fourth-order valence-corrected chi connectivity index (χ4v) is 0. The highest BCUT2D eigenvalue weighted by atomic mass is 28.3. The van der Waals surface area contributed by atoms with Crippen molar-refractivity contribution in [1.29, 1.82) is 1.23 Å². The van der Waals surface area contributed by atoms with E-state index in [1.54, 1.807) is 0 Å². The van der Waals surface area contributed by atoms with Crippen molar-refractivity contribution < 1.29 is 14.4 Å². The van der Waals surface area contributed by atoms with Gasteiger partial charge >= 0.3 is 9.46 Å². The fourth-order valence-electron chi connectivity index (χ4n) is 0. The smallest absolute Gasteiger partial charge is 0.392 e. The minimum atomic E-state index is -4.36. The molecule has 0 saturated heterocycles. The molecule has 0 amide bonds. The van der Waals surface area contributed by atoms with E-state index in [1.165, 1.54) is 0 Å². The van der Waals surface area contributed by atoms with Gasteiger partial charge in [0.2, 0.25) is 0 Å². The second-order valence-electron chi connectivity index (χ2n) is 0.300. The molecule has 0 bridgehead atoms. The van der Waals surface area contributed by atoms with Gasteiger partial charge in [-0.15, -0.1) is 0 Å². The minimum absolute atomic E-state index is 4.36. The molecular formula is H4O3Si. The lowest BCUT2D eigenvalue weighted by Crippen LogP contribution is -2.07. The van der Waals surface area contributed by atoms with E-state index in [1.807, 2.05) is 0 Å². The zero-order valence-corrected chi connectivity index (χ0v) is 2.84. The lowest BCUT2D eigenvalue weighted by Gasteiger charge is -1.74. The minimum Gasteiger partial charge on any atom is -0.392 e. The van der Waals surface area contributed by atoms with E-state index in [0.717, 1.165) is 0 Å². The van der Waals surface area contributed by atoms with E-state index < -0.39 is 9.46 Å². The Kier molecular flexibility index (Phi) is 0.831. The Labute approximate surface area is 26.3 Å². The lowest BCUT2D eigenvalue weighted by molar-refractivity contribution is 0.278. The van der Waals surface area contributed by atoms with Crippen LogP contribution in [0, 0.1) is 0 Å². The van der Waals surface area contributed by atoms with Gasteiger partial charge in [0.15, 0.2) is 0 Å². The van der Waals surface area contributed by atoms with Gasteiger partial charge in [-0.3, -0.25) is 0 Å². The van der Waals surface area contributed by atoms with Gasteiger partial charge in [0, 0.05) is 0 Å². The standard InChI is InChI=1S/H4O3Si/c1-4(2)3/h1-4H/i4D. The zero-order chi connectivity index (χ0) is 4.50. The molecule has 0 aromatic carbocycles. The van der Waals surface area contributed by atoms with Gasteiger partial charge < -0.3 is 14.4 Å². The molecule has 0 heterocycles. The molecule has 0 radical (unpaired) electrons. The predicted molar refractivity (Wildman–Crippen MR) is 13.8 cm³/mol. The number of hydrogen-bond donors (Lipinski definition) is 3. The third kappa shape index (κ3) is 269. The summed E-state index contributed by atoms with van der Waals surface area (Å²) in [5.74, 6) is 0. The molecule has 4 heteroatoms. The van der Waals surface area contributed by atoms with Crippen molar-refractivity contribution in [1.82, 2.24) is 0 Å². The summed E-state index contributed by atoms with van der Waals surface area (Å²) in [7, 11) is -4.36. The molecule has 26 valence electrons. The van der Waals surface area contributed by atoms with Crippen molar-refractivity contribution in [3.05, 3.63) is 0 Å². The first kappa shape index (κ1) is 2.34. The van der Waals surface area contributed by atoms with E-state index in [-0.39, 0.29) is 0 Å². The molecule has 0 aromatic rings. The second kappa shape index (κ2) is 1.42. The number of rotatable bonds is 0. The van der Waals surface area contributed by atoms with E-state index in [2.05, 4.69) is 0 Å². The van der Waals surface area contributed by atoms with Crippen molar-refractivity contribution >= 4 is 9.46 Å². The molecule has 3 N–H and O–H groups in total. The van der Waals surface area contributed by atoms with Crippen LogP contribution < -0.4 is 0 Å². The van der Waals surface area contributed by atoms with Gasteiger partial charge in [0.05, 0.1) is 0 Å². The Hall–Kier alpha value is 0.0969. The molecule has 0 aliphatic heterocycles. The fraction of sp³-hybridized carbons (Fsp3) is 0. The van der Waals surface area contributed by atoms with Gasteiger partial charge in [-0.1, -0.05) is 0 Å². The lowest BCUT2D eigenvalue weighted by atomic mass is 15.8. The molecule has 3 nitrogen and oxygen atoms in total. The average molecular weight is 81.1 g/mol. The first-order chi connectivity index (χ1) is 2.00. The Morgan fingerprint density at radius 1 is 1.50 bits per heavy atom. The average Bonchev–Trinajstić information content (AvgIpc) is 0.722. The second-order valence-corrected chi connectivity index (χ2v) is 0.900. The molecule has 0 aliphatic carbocycles. The highest BCUT2D eigenvalue weighted by molar-refractivity contribution is 6.30. The van der Waals surface area contributed by atoms with Crippen LogP contribution in [0.15, 0.2) is 0 Å². The first-order valence-electron chi connectivity index (χ1n) is 1.17. The normalized spacial score (nSPS) is 15.2. The monoisotopic (exact) mass is 81.0 g/mol. The van der Waals surface area contributed by atoms with Crippen molar-refractivity contribution in [2.45, 2.75) is 0 Å². The third-order valence-electron chi connectivity index (χ3n) is 0. The summed E-state index contributed by atoms with van der Waals surface area (Å²) in [5.41, 5.74) is 0. The SMILES string of the molecule is [2H][Si](O)(O)O. The first-order valence-corrected chi connectivity index (χ1v) is 2.01. The maximum atomic E-state index is 7.44. The Bertz CT molecular complexity index is 22.4. The van der Waals surface area contributed by atoms with Crippen LogP contribution >= 0.6 is 0 Å². The van der Waals surface area contributed by atoms with E-state index >= 15 is 0 Å². The molecule has 0 rings (SSSR count). The molecule has 0 saturated carbocycles. The summed E-state index contributed by atoms with van der Waals surface area (Å²) >= 11 is 0. The summed E-state index contributed by atoms with van der Waals surface area (Å²) in [4.78, 5) is 22.3. The molecule has 0 aromatic heterocycles. The van der Waals surface area contributed by atoms with E-state index in [0.29, 0.717) is 0 Å². The molecule has 0 spiro atoms. The summed E-state index contributed by atoms with van der Waals surface area (Å²) in [6, 6.07) is 0. The van der Waals surface area contributed by atoms with Gasteiger partial charge in [-0.25, -0.2) is 0 Å². The molecule has 0 atom stereocenters. The Morgan fingerprint density at radius 3 is 1.50 bits per heavy atom. The molecule has 0 unspecified atom stereocenters.